The van der Waals surface area contributed by atoms with Crippen molar-refractivity contribution in [3.8, 4) is 28.3 Å². The number of aromatic nitrogens is 3. The van der Waals surface area contributed by atoms with Gasteiger partial charge in [0.1, 0.15) is 29.6 Å². The van der Waals surface area contributed by atoms with E-state index in [1.165, 1.54) is 6.07 Å². The number of benzene rings is 2. The molecule has 5 rings (SSSR count). The Morgan fingerprint density at radius 2 is 1.95 bits per heavy atom. The average molecular weight is 621 g/mol. The Morgan fingerprint density at radius 1 is 1.14 bits per heavy atom. The summed E-state index contributed by atoms with van der Waals surface area (Å²) >= 11 is 0. The largest absolute Gasteiger partial charge is 0.491 e. The Balaban J connectivity index is 1.60. The third-order valence-corrected chi connectivity index (χ3v) is 8.75. The molecular formula is C33H41FN4O5Si. The summed E-state index contributed by atoms with van der Waals surface area (Å²) in [4.78, 5) is 17.3. The summed E-state index contributed by atoms with van der Waals surface area (Å²) in [5, 5.41) is 8.54. The van der Waals surface area contributed by atoms with Crippen molar-refractivity contribution in [2.45, 2.75) is 71.8 Å². The standard InChI is InChI=1S/C33H41FN4O5Si/c1-33(2,3)43-32(39)36-26-12-11-22-17-29(26)42-14-8-13-40-20-23-9-7-10-25(34)30(23)27-18-24-28(19-35-27)38(37-31(22)24)21-41-15-16-44(4,5)6/h7,9-12,17-19H,8,13-16,20-21H2,1-6H3,(H,36,39). The van der Waals surface area contributed by atoms with E-state index in [4.69, 9.17) is 24.0 Å². The van der Waals surface area contributed by atoms with Gasteiger partial charge in [-0.05, 0) is 56.6 Å². The van der Waals surface area contributed by atoms with Crippen LogP contribution in [0, 0.1) is 5.82 Å². The van der Waals surface area contributed by atoms with Crippen LogP contribution in [0.2, 0.25) is 25.7 Å². The Morgan fingerprint density at radius 3 is 2.73 bits per heavy atom. The van der Waals surface area contributed by atoms with E-state index in [0.29, 0.717) is 60.2 Å². The van der Waals surface area contributed by atoms with Gasteiger partial charge in [-0.25, -0.2) is 13.9 Å². The van der Waals surface area contributed by atoms with Crippen LogP contribution >= 0.6 is 0 Å². The molecule has 4 bridgehead atoms. The van der Waals surface area contributed by atoms with Crippen molar-refractivity contribution in [3.05, 3.63) is 60.0 Å². The van der Waals surface area contributed by atoms with E-state index in [1.807, 2.05) is 45.0 Å². The lowest BCUT2D eigenvalue weighted by Crippen LogP contribution is -2.27. The highest BCUT2D eigenvalue weighted by Crippen LogP contribution is 2.37. The number of fused-ring (bicyclic) bond motifs is 6. The van der Waals surface area contributed by atoms with Crippen molar-refractivity contribution in [1.82, 2.24) is 14.8 Å². The van der Waals surface area contributed by atoms with Crippen LogP contribution in [-0.4, -0.2) is 54.4 Å². The first kappa shape index (κ1) is 31.6. The van der Waals surface area contributed by atoms with E-state index in [1.54, 1.807) is 23.0 Å². The van der Waals surface area contributed by atoms with Crippen molar-refractivity contribution in [2.24, 2.45) is 0 Å². The smallest absolute Gasteiger partial charge is 0.412 e. The molecular weight excluding hydrogens is 579 g/mol. The molecule has 0 unspecified atom stereocenters. The molecule has 9 nitrogen and oxygen atoms in total. The lowest BCUT2D eigenvalue weighted by atomic mass is 10.0. The summed E-state index contributed by atoms with van der Waals surface area (Å²) < 4.78 is 40.7. The van der Waals surface area contributed by atoms with Crippen LogP contribution in [0.15, 0.2) is 48.7 Å². The molecule has 4 aromatic rings. The average Bonchev–Trinajstić information content (AvgIpc) is 3.29. The minimum atomic E-state index is -1.26. The van der Waals surface area contributed by atoms with Gasteiger partial charge in [0.25, 0.3) is 0 Å². The molecule has 0 atom stereocenters. The molecule has 0 spiro atoms. The van der Waals surface area contributed by atoms with Gasteiger partial charge >= 0.3 is 6.09 Å². The first-order valence-electron chi connectivity index (χ1n) is 14.9. The van der Waals surface area contributed by atoms with Gasteiger partial charge in [0.15, 0.2) is 0 Å². The fraction of sp³-hybridized carbons (Fsp3) is 0.424. The number of nitrogens with zero attached hydrogens (tertiary/aromatic N) is 3. The van der Waals surface area contributed by atoms with E-state index >= 15 is 4.39 Å². The van der Waals surface area contributed by atoms with Crippen molar-refractivity contribution in [2.75, 3.05) is 25.1 Å². The van der Waals surface area contributed by atoms with Gasteiger partial charge in [-0.2, -0.15) is 5.10 Å². The highest BCUT2D eigenvalue weighted by molar-refractivity contribution is 6.76. The van der Waals surface area contributed by atoms with Crippen LogP contribution in [0.5, 0.6) is 5.75 Å². The minimum Gasteiger partial charge on any atom is -0.491 e. The second-order valence-electron chi connectivity index (χ2n) is 13.1. The van der Waals surface area contributed by atoms with Crippen LogP contribution in [0.25, 0.3) is 33.4 Å². The number of ether oxygens (including phenoxy) is 4. The molecule has 0 saturated carbocycles. The zero-order valence-electron chi connectivity index (χ0n) is 26.3. The molecule has 11 heteroatoms. The van der Waals surface area contributed by atoms with Crippen LogP contribution < -0.4 is 10.1 Å². The summed E-state index contributed by atoms with van der Waals surface area (Å²) in [5.74, 6) is 0.106. The molecule has 2 aromatic heterocycles. The monoisotopic (exact) mass is 620 g/mol. The molecule has 1 aliphatic heterocycles. The molecule has 3 heterocycles. The molecule has 2 aromatic carbocycles. The molecule has 234 valence electrons. The van der Waals surface area contributed by atoms with Gasteiger partial charge in [0.05, 0.1) is 42.9 Å². The fourth-order valence-corrected chi connectivity index (χ4v) is 5.61. The van der Waals surface area contributed by atoms with Gasteiger partial charge < -0.3 is 18.9 Å². The maximum absolute atomic E-state index is 15.3. The highest BCUT2D eigenvalue weighted by Gasteiger charge is 2.22. The first-order valence-corrected chi connectivity index (χ1v) is 18.7. The zero-order valence-corrected chi connectivity index (χ0v) is 27.3. The lowest BCUT2D eigenvalue weighted by Gasteiger charge is -2.20. The second-order valence-corrected chi connectivity index (χ2v) is 18.8. The van der Waals surface area contributed by atoms with Gasteiger partial charge in [0.2, 0.25) is 0 Å². The fourth-order valence-electron chi connectivity index (χ4n) is 4.86. The van der Waals surface area contributed by atoms with Gasteiger partial charge in [-0.1, -0.05) is 37.8 Å². The van der Waals surface area contributed by atoms with Gasteiger partial charge in [-0.3, -0.25) is 10.3 Å². The molecule has 0 fully saturated rings. The second kappa shape index (κ2) is 13.1. The van der Waals surface area contributed by atoms with Crippen molar-refractivity contribution in [3.63, 3.8) is 0 Å². The van der Waals surface area contributed by atoms with Crippen molar-refractivity contribution < 1.29 is 28.1 Å². The number of pyridine rings is 1. The Bertz CT molecular complexity index is 1640. The van der Waals surface area contributed by atoms with Crippen LogP contribution in [0.1, 0.15) is 32.8 Å². The van der Waals surface area contributed by atoms with Gasteiger partial charge in [-0.15, -0.1) is 0 Å². The molecule has 1 N–H and O–H groups in total. The first-order chi connectivity index (χ1) is 20.9. The molecule has 1 aliphatic rings. The number of halogens is 1. The number of hydrogen-bond acceptors (Lipinski definition) is 7. The number of carbonyl (C=O) groups excluding carboxylic acids is 1. The summed E-state index contributed by atoms with van der Waals surface area (Å²) in [6, 6.07) is 13.4. The number of anilines is 1. The molecule has 0 saturated heterocycles. The predicted octanol–water partition coefficient (Wildman–Crippen LogP) is 7.86. The highest BCUT2D eigenvalue weighted by atomic mass is 28.3. The Kier molecular flexibility index (Phi) is 9.38. The van der Waals surface area contributed by atoms with Crippen molar-refractivity contribution >= 4 is 30.8 Å². The molecule has 44 heavy (non-hydrogen) atoms. The minimum absolute atomic E-state index is 0.225. The Hall–Kier alpha value is -3.80. The molecule has 0 radical (unpaired) electrons. The van der Waals surface area contributed by atoms with E-state index in [2.05, 4.69) is 29.9 Å². The number of rotatable bonds is 6. The van der Waals surface area contributed by atoms with Crippen molar-refractivity contribution in [1.29, 1.82) is 0 Å². The maximum Gasteiger partial charge on any atom is 0.412 e. The molecule has 1 amide bonds. The third-order valence-electron chi connectivity index (χ3n) is 7.04. The van der Waals surface area contributed by atoms with E-state index in [9.17, 15) is 4.79 Å². The predicted molar refractivity (Wildman–Crippen MR) is 172 cm³/mol. The number of nitrogens with one attached hydrogen (secondary N) is 1. The zero-order chi connectivity index (χ0) is 31.5. The summed E-state index contributed by atoms with van der Waals surface area (Å²) in [6.45, 7) is 14.2. The summed E-state index contributed by atoms with van der Waals surface area (Å²) in [5.41, 5.74) is 3.61. The summed E-state index contributed by atoms with van der Waals surface area (Å²) in [6.07, 6.45) is 1.72. The van der Waals surface area contributed by atoms with Crippen LogP contribution in [0.4, 0.5) is 14.9 Å². The number of amides is 1. The lowest BCUT2D eigenvalue weighted by molar-refractivity contribution is 0.0635. The normalized spacial score (nSPS) is 14.0. The topological polar surface area (TPSA) is 96.7 Å². The van der Waals surface area contributed by atoms with Crippen LogP contribution in [0.3, 0.4) is 0 Å². The third kappa shape index (κ3) is 7.82. The number of hydrogen-bond donors (Lipinski definition) is 1. The van der Waals surface area contributed by atoms with E-state index in [0.717, 1.165) is 22.5 Å². The SMILES string of the molecule is CC(C)(C)OC(=O)Nc1ccc2cc1OCCCOCc1cccc(F)c1-c1cc3c-2nn(COCC[Si](C)(C)C)c3cn1. The van der Waals surface area contributed by atoms with E-state index < -0.39 is 19.8 Å². The molecule has 0 aliphatic carbocycles. The quantitative estimate of drug-likeness (QED) is 0.173. The summed E-state index contributed by atoms with van der Waals surface area (Å²) in [7, 11) is -1.26. The maximum atomic E-state index is 15.3. The number of carbonyl (C=O) groups is 1. The van der Waals surface area contributed by atoms with Gasteiger partial charge in [0, 0.05) is 37.6 Å². The van der Waals surface area contributed by atoms with Crippen LogP contribution in [-0.2, 0) is 27.5 Å². The van der Waals surface area contributed by atoms with E-state index in [-0.39, 0.29) is 19.2 Å². The Labute approximate surface area is 258 Å².